The summed E-state index contributed by atoms with van der Waals surface area (Å²) >= 11 is 5.90. The van der Waals surface area contributed by atoms with E-state index in [1.807, 2.05) is 13.8 Å². The molecule has 1 amide bonds. The summed E-state index contributed by atoms with van der Waals surface area (Å²) in [7, 11) is 0. The van der Waals surface area contributed by atoms with Crippen LogP contribution in [0.2, 0.25) is 5.15 Å². The molecule has 2 N–H and O–H groups in total. The minimum absolute atomic E-state index is 0.0459. The summed E-state index contributed by atoms with van der Waals surface area (Å²) in [5.41, 5.74) is 0. The van der Waals surface area contributed by atoms with E-state index >= 15 is 0 Å². The highest BCUT2D eigenvalue weighted by Crippen LogP contribution is 2.16. The molecule has 0 aliphatic carbocycles. The Morgan fingerprint density at radius 1 is 1.41 bits per heavy atom. The van der Waals surface area contributed by atoms with E-state index in [1.54, 1.807) is 6.07 Å². The first-order chi connectivity index (χ1) is 7.99. The number of hydrogen-bond donors (Lipinski definition) is 2. The van der Waals surface area contributed by atoms with Crippen molar-refractivity contribution in [2.24, 2.45) is 0 Å². The standard InChI is InChI=1S/C11H17ClN4O/c1-7(2)11-15-9(12)6-10(16-11)14-5-4-13-8(3)17/h6-7H,4-5H2,1-3H3,(H,13,17)(H,14,15,16). The Morgan fingerprint density at radius 3 is 2.71 bits per heavy atom. The van der Waals surface area contributed by atoms with Gasteiger partial charge in [-0.25, -0.2) is 9.97 Å². The number of carbonyl (C=O) groups is 1. The zero-order valence-electron chi connectivity index (χ0n) is 10.2. The normalized spacial score (nSPS) is 10.4. The monoisotopic (exact) mass is 256 g/mol. The van der Waals surface area contributed by atoms with Crippen LogP contribution in [0.15, 0.2) is 6.07 Å². The van der Waals surface area contributed by atoms with Crippen LogP contribution >= 0.6 is 11.6 Å². The van der Waals surface area contributed by atoms with E-state index in [2.05, 4.69) is 20.6 Å². The summed E-state index contributed by atoms with van der Waals surface area (Å²) in [5.74, 6) is 1.57. The first-order valence-corrected chi connectivity index (χ1v) is 5.89. The molecule has 0 fully saturated rings. The van der Waals surface area contributed by atoms with E-state index in [-0.39, 0.29) is 11.8 Å². The lowest BCUT2D eigenvalue weighted by Gasteiger charge is -2.09. The number of carbonyl (C=O) groups excluding carboxylic acids is 1. The second-order valence-electron chi connectivity index (χ2n) is 4.00. The molecule has 0 atom stereocenters. The molecule has 0 aromatic carbocycles. The summed E-state index contributed by atoms with van der Waals surface area (Å²) < 4.78 is 0. The van der Waals surface area contributed by atoms with Gasteiger partial charge in [-0.15, -0.1) is 0 Å². The summed E-state index contributed by atoms with van der Waals surface area (Å²) in [6, 6.07) is 1.67. The number of nitrogens with one attached hydrogen (secondary N) is 2. The van der Waals surface area contributed by atoms with Crippen molar-refractivity contribution in [1.29, 1.82) is 0 Å². The molecule has 0 aliphatic rings. The maximum Gasteiger partial charge on any atom is 0.216 e. The zero-order valence-corrected chi connectivity index (χ0v) is 11.0. The average Bonchev–Trinajstić information content (AvgIpc) is 2.23. The van der Waals surface area contributed by atoms with Crippen LogP contribution in [-0.2, 0) is 4.79 Å². The molecule has 0 radical (unpaired) electrons. The van der Waals surface area contributed by atoms with Crippen molar-refractivity contribution in [1.82, 2.24) is 15.3 Å². The Hall–Kier alpha value is -1.36. The fourth-order valence-corrected chi connectivity index (χ4v) is 1.40. The second-order valence-corrected chi connectivity index (χ2v) is 4.39. The smallest absolute Gasteiger partial charge is 0.216 e. The maximum atomic E-state index is 10.7. The number of amides is 1. The number of rotatable bonds is 5. The molecule has 1 aromatic rings. The molecule has 0 bridgehead atoms. The van der Waals surface area contributed by atoms with Crippen LogP contribution in [-0.4, -0.2) is 29.0 Å². The fraction of sp³-hybridized carbons (Fsp3) is 0.545. The van der Waals surface area contributed by atoms with Gasteiger partial charge in [0, 0.05) is 32.0 Å². The quantitative estimate of drug-likeness (QED) is 0.623. The third kappa shape index (κ3) is 4.99. The van der Waals surface area contributed by atoms with Crippen molar-refractivity contribution in [3.63, 3.8) is 0 Å². The van der Waals surface area contributed by atoms with Gasteiger partial charge < -0.3 is 10.6 Å². The SMILES string of the molecule is CC(=O)NCCNc1cc(Cl)nc(C(C)C)n1. The molecule has 0 saturated carbocycles. The van der Waals surface area contributed by atoms with Gasteiger partial charge >= 0.3 is 0 Å². The van der Waals surface area contributed by atoms with Gasteiger partial charge in [0.05, 0.1) is 0 Å². The lowest BCUT2D eigenvalue weighted by Crippen LogP contribution is -2.26. The summed E-state index contributed by atoms with van der Waals surface area (Å²) in [6.45, 7) is 6.65. The molecule has 6 heteroatoms. The van der Waals surface area contributed by atoms with Crippen molar-refractivity contribution in [3.8, 4) is 0 Å². The van der Waals surface area contributed by atoms with Gasteiger partial charge in [-0.3, -0.25) is 4.79 Å². The van der Waals surface area contributed by atoms with Gasteiger partial charge in [0.25, 0.3) is 0 Å². The molecule has 1 heterocycles. The Kier molecular flexibility index (Phi) is 5.15. The minimum Gasteiger partial charge on any atom is -0.368 e. The molecule has 5 nitrogen and oxygen atoms in total. The lowest BCUT2D eigenvalue weighted by atomic mass is 10.2. The largest absolute Gasteiger partial charge is 0.368 e. The molecule has 0 aliphatic heterocycles. The van der Waals surface area contributed by atoms with Crippen LogP contribution < -0.4 is 10.6 Å². The van der Waals surface area contributed by atoms with Crippen molar-refractivity contribution < 1.29 is 4.79 Å². The van der Waals surface area contributed by atoms with Gasteiger partial charge in [0.1, 0.15) is 16.8 Å². The number of anilines is 1. The highest BCUT2D eigenvalue weighted by Gasteiger charge is 2.06. The third-order valence-corrected chi connectivity index (χ3v) is 2.23. The van der Waals surface area contributed by atoms with Crippen LogP contribution in [0.5, 0.6) is 0 Å². The second kappa shape index (κ2) is 6.39. The van der Waals surface area contributed by atoms with E-state index in [0.29, 0.717) is 29.9 Å². The molecule has 17 heavy (non-hydrogen) atoms. The minimum atomic E-state index is -0.0459. The van der Waals surface area contributed by atoms with Crippen molar-refractivity contribution >= 4 is 23.3 Å². The Morgan fingerprint density at radius 2 is 2.12 bits per heavy atom. The van der Waals surface area contributed by atoms with Gasteiger partial charge in [-0.05, 0) is 0 Å². The first kappa shape index (κ1) is 13.7. The maximum absolute atomic E-state index is 10.7. The van der Waals surface area contributed by atoms with Gasteiger partial charge in [-0.1, -0.05) is 25.4 Å². The molecule has 1 aromatic heterocycles. The van der Waals surface area contributed by atoms with Crippen molar-refractivity contribution in [3.05, 3.63) is 17.0 Å². The third-order valence-electron chi connectivity index (χ3n) is 2.03. The highest BCUT2D eigenvalue weighted by molar-refractivity contribution is 6.29. The van der Waals surface area contributed by atoms with Crippen molar-refractivity contribution in [2.75, 3.05) is 18.4 Å². The lowest BCUT2D eigenvalue weighted by molar-refractivity contribution is -0.118. The zero-order chi connectivity index (χ0) is 12.8. The number of halogens is 1. The Labute approximate surface area is 106 Å². The van der Waals surface area contributed by atoms with Crippen molar-refractivity contribution in [2.45, 2.75) is 26.7 Å². The summed E-state index contributed by atoms with van der Waals surface area (Å²) in [6.07, 6.45) is 0. The molecular weight excluding hydrogens is 240 g/mol. The Balaban J connectivity index is 2.55. The van der Waals surface area contributed by atoms with E-state index in [1.165, 1.54) is 6.92 Å². The average molecular weight is 257 g/mol. The summed E-state index contributed by atoms with van der Waals surface area (Å²) in [4.78, 5) is 19.1. The Bertz CT molecular complexity index is 395. The molecule has 94 valence electrons. The molecular formula is C11H17ClN4O. The number of nitrogens with zero attached hydrogens (tertiary/aromatic N) is 2. The van der Waals surface area contributed by atoms with Crippen LogP contribution in [0.1, 0.15) is 32.5 Å². The predicted octanol–water partition coefficient (Wildman–Crippen LogP) is 1.80. The number of hydrogen-bond acceptors (Lipinski definition) is 4. The molecule has 0 saturated heterocycles. The predicted molar refractivity (Wildman–Crippen MR) is 68.3 cm³/mol. The fourth-order valence-electron chi connectivity index (χ4n) is 1.21. The van der Waals surface area contributed by atoms with Gasteiger partial charge in [-0.2, -0.15) is 0 Å². The van der Waals surface area contributed by atoms with E-state index in [0.717, 1.165) is 0 Å². The van der Waals surface area contributed by atoms with E-state index in [9.17, 15) is 4.79 Å². The van der Waals surface area contributed by atoms with Crippen LogP contribution in [0.25, 0.3) is 0 Å². The van der Waals surface area contributed by atoms with E-state index < -0.39 is 0 Å². The van der Waals surface area contributed by atoms with Crippen LogP contribution in [0, 0.1) is 0 Å². The summed E-state index contributed by atoms with van der Waals surface area (Å²) in [5, 5.41) is 6.20. The van der Waals surface area contributed by atoms with E-state index in [4.69, 9.17) is 11.6 Å². The van der Waals surface area contributed by atoms with Crippen LogP contribution in [0.3, 0.4) is 0 Å². The number of aromatic nitrogens is 2. The molecule has 1 rings (SSSR count). The topological polar surface area (TPSA) is 66.9 Å². The molecule has 0 spiro atoms. The van der Waals surface area contributed by atoms with Crippen LogP contribution in [0.4, 0.5) is 5.82 Å². The molecule has 0 unspecified atom stereocenters. The van der Waals surface area contributed by atoms with Gasteiger partial charge in [0.15, 0.2) is 0 Å². The van der Waals surface area contributed by atoms with Gasteiger partial charge in [0.2, 0.25) is 5.91 Å². The first-order valence-electron chi connectivity index (χ1n) is 5.52. The highest BCUT2D eigenvalue weighted by atomic mass is 35.5.